The van der Waals surface area contributed by atoms with Gasteiger partial charge in [-0.2, -0.15) is 0 Å². The normalized spacial score (nSPS) is 51.5. The third-order valence-corrected chi connectivity index (χ3v) is 4.31. The second-order valence-corrected chi connectivity index (χ2v) is 5.19. The highest BCUT2D eigenvalue weighted by atomic mass is 16.3. The van der Waals surface area contributed by atoms with Crippen LogP contribution in [0.1, 0.15) is 33.1 Å². The Morgan fingerprint density at radius 2 is 2.15 bits per heavy atom. The Hall–Kier alpha value is -0.0800. The highest BCUT2D eigenvalue weighted by molar-refractivity contribution is 4.96. The third kappa shape index (κ3) is 1.50. The largest absolute Gasteiger partial charge is 0.393 e. The number of rotatable bonds is 0. The van der Waals surface area contributed by atoms with Gasteiger partial charge in [-0.1, -0.05) is 13.8 Å². The van der Waals surface area contributed by atoms with Crippen LogP contribution in [0.2, 0.25) is 0 Å². The Kier molecular flexibility index (Phi) is 2.37. The van der Waals surface area contributed by atoms with Crippen LogP contribution in [0.5, 0.6) is 0 Å². The Bertz CT molecular complexity index is 195. The first kappa shape index (κ1) is 9.47. The summed E-state index contributed by atoms with van der Waals surface area (Å²) in [6.07, 6.45) is 3.39. The summed E-state index contributed by atoms with van der Waals surface area (Å²) in [4.78, 5) is 0. The maximum Gasteiger partial charge on any atom is 0.0568 e. The molecule has 2 nitrogen and oxygen atoms in total. The van der Waals surface area contributed by atoms with E-state index in [0.29, 0.717) is 11.3 Å². The van der Waals surface area contributed by atoms with E-state index in [9.17, 15) is 5.11 Å². The predicted molar refractivity (Wildman–Crippen MR) is 53.5 cm³/mol. The van der Waals surface area contributed by atoms with Crippen LogP contribution >= 0.6 is 0 Å². The van der Waals surface area contributed by atoms with Gasteiger partial charge in [-0.05, 0) is 43.1 Å². The molecule has 0 aromatic heterocycles. The van der Waals surface area contributed by atoms with Crippen LogP contribution in [0.25, 0.3) is 0 Å². The highest BCUT2D eigenvalue weighted by Gasteiger charge is 2.44. The van der Waals surface area contributed by atoms with Gasteiger partial charge in [0.05, 0.1) is 6.10 Å². The number of hydrogen-bond acceptors (Lipinski definition) is 2. The maximum absolute atomic E-state index is 9.81. The van der Waals surface area contributed by atoms with Gasteiger partial charge in [-0.25, -0.2) is 0 Å². The molecule has 0 aromatic carbocycles. The minimum Gasteiger partial charge on any atom is -0.393 e. The van der Waals surface area contributed by atoms with Crippen molar-refractivity contribution < 1.29 is 5.11 Å². The van der Waals surface area contributed by atoms with Crippen LogP contribution in [0, 0.1) is 17.3 Å². The van der Waals surface area contributed by atoms with Gasteiger partial charge in [-0.15, -0.1) is 0 Å². The Morgan fingerprint density at radius 1 is 1.38 bits per heavy atom. The smallest absolute Gasteiger partial charge is 0.0568 e. The standard InChI is InChI=1S/C11H21NO/c1-8-9-4-6-12-7-11(9,2)5-3-10(8)13/h8-10,12-13H,3-7H2,1-2H3/t8-,9-,10-,11+/m0/s1. The van der Waals surface area contributed by atoms with Gasteiger partial charge in [0.1, 0.15) is 0 Å². The lowest BCUT2D eigenvalue weighted by Gasteiger charge is -2.50. The van der Waals surface area contributed by atoms with E-state index in [0.717, 1.165) is 25.4 Å². The van der Waals surface area contributed by atoms with E-state index in [1.54, 1.807) is 0 Å². The molecule has 1 heterocycles. The molecule has 1 saturated heterocycles. The first-order chi connectivity index (χ1) is 6.13. The Labute approximate surface area is 80.7 Å². The van der Waals surface area contributed by atoms with Crippen LogP contribution in [-0.2, 0) is 0 Å². The van der Waals surface area contributed by atoms with Crippen molar-refractivity contribution in [2.45, 2.75) is 39.2 Å². The van der Waals surface area contributed by atoms with Gasteiger partial charge in [0, 0.05) is 6.54 Å². The molecule has 0 unspecified atom stereocenters. The third-order valence-electron chi connectivity index (χ3n) is 4.31. The average molecular weight is 183 g/mol. The molecule has 2 rings (SSSR count). The average Bonchev–Trinajstić information content (AvgIpc) is 2.12. The number of aliphatic hydroxyl groups excluding tert-OH is 1. The van der Waals surface area contributed by atoms with Gasteiger partial charge in [-0.3, -0.25) is 0 Å². The highest BCUT2D eigenvalue weighted by Crippen LogP contribution is 2.46. The second-order valence-electron chi connectivity index (χ2n) is 5.19. The first-order valence-electron chi connectivity index (χ1n) is 5.52. The van der Waals surface area contributed by atoms with E-state index in [-0.39, 0.29) is 6.10 Å². The number of aliphatic hydroxyl groups is 1. The summed E-state index contributed by atoms with van der Waals surface area (Å²) in [5.74, 6) is 1.23. The van der Waals surface area contributed by atoms with Crippen molar-refractivity contribution in [3.8, 4) is 0 Å². The lowest BCUT2D eigenvalue weighted by Crippen LogP contribution is -2.52. The van der Waals surface area contributed by atoms with Crippen molar-refractivity contribution in [1.82, 2.24) is 5.32 Å². The summed E-state index contributed by atoms with van der Waals surface area (Å²) < 4.78 is 0. The zero-order valence-electron chi connectivity index (χ0n) is 8.71. The fourth-order valence-electron chi connectivity index (χ4n) is 3.29. The second kappa shape index (κ2) is 3.25. The van der Waals surface area contributed by atoms with E-state index in [1.165, 1.54) is 12.8 Å². The minimum atomic E-state index is -0.0452. The van der Waals surface area contributed by atoms with Gasteiger partial charge >= 0.3 is 0 Å². The van der Waals surface area contributed by atoms with Crippen LogP contribution in [-0.4, -0.2) is 24.3 Å². The summed E-state index contributed by atoms with van der Waals surface area (Å²) in [6, 6.07) is 0. The topological polar surface area (TPSA) is 32.3 Å². The molecular weight excluding hydrogens is 162 g/mol. The molecule has 0 aromatic rings. The predicted octanol–water partition coefficient (Wildman–Crippen LogP) is 1.39. The quantitative estimate of drug-likeness (QED) is 0.595. The fraction of sp³-hybridized carbons (Fsp3) is 1.00. The van der Waals surface area contributed by atoms with Crippen molar-refractivity contribution in [3.63, 3.8) is 0 Å². The van der Waals surface area contributed by atoms with Crippen molar-refractivity contribution in [2.24, 2.45) is 17.3 Å². The fourth-order valence-corrected chi connectivity index (χ4v) is 3.29. The van der Waals surface area contributed by atoms with E-state index in [1.807, 2.05) is 0 Å². The van der Waals surface area contributed by atoms with E-state index < -0.39 is 0 Å². The molecule has 1 saturated carbocycles. The summed E-state index contributed by atoms with van der Waals surface area (Å²) in [7, 11) is 0. The molecule has 2 N–H and O–H groups in total. The van der Waals surface area contributed by atoms with Crippen LogP contribution < -0.4 is 5.32 Å². The number of piperidine rings is 1. The zero-order valence-corrected chi connectivity index (χ0v) is 8.71. The molecule has 4 atom stereocenters. The lowest BCUT2D eigenvalue weighted by atomic mass is 9.59. The van der Waals surface area contributed by atoms with Gasteiger partial charge in [0.15, 0.2) is 0 Å². The zero-order chi connectivity index (χ0) is 9.47. The van der Waals surface area contributed by atoms with Crippen LogP contribution in [0.4, 0.5) is 0 Å². The molecule has 0 spiro atoms. The molecule has 1 aliphatic carbocycles. The SMILES string of the molecule is C[C@@H]1[C@@H](O)CC[C@]2(C)CNCC[C@@H]12. The number of hydrogen-bond donors (Lipinski definition) is 2. The molecule has 0 amide bonds. The maximum atomic E-state index is 9.81. The Balaban J connectivity index is 2.15. The lowest BCUT2D eigenvalue weighted by molar-refractivity contribution is -0.0473. The molecule has 2 fully saturated rings. The van der Waals surface area contributed by atoms with Gasteiger partial charge in [0.2, 0.25) is 0 Å². The van der Waals surface area contributed by atoms with Gasteiger partial charge in [0.25, 0.3) is 0 Å². The molecule has 76 valence electrons. The summed E-state index contributed by atoms with van der Waals surface area (Å²) >= 11 is 0. The van der Waals surface area contributed by atoms with Crippen molar-refractivity contribution >= 4 is 0 Å². The molecule has 2 heteroatoms. The minimum absolute atomic E-state index is 0.0452. The molecule has 0 bridgehead atoms. The summed E-state index contributed by atoms with van der Waals surface area (Å²) in [5, 5.41) is 13.3. The van der Waals surface area contributed by atoms with Gasteiger partial charge < -0.3 is 10.4 Å². The summed E-state index contributed by atoms with van der Waals surface area (Å²) in [5.41, 5.74) is 0.455. The molecular formula is C11H21NO. The van der Waals surface area contributed by atoms with E-state index in [2.05, 4.69) is 19.2 Å². The number of nitrogens with one attached hydrogen (secondary N) is 1. The molecule has 0 radical (unpaired) electrons. The van der Waals surface area contributed by atoms with E-state index in [4.69, 9.17) is 0 Å². The van der Waals surface area contributed by atoms with Crippen molar-refractivity contribution in [2.75, 3.05) is 13.1 Å². The van der Waals surface area contributed by atoms with Crippen molar-refractivity contribution in [1.29, 1.82) is 0 Å². The molecule has 1 aliphatic heterocycles. The number of fused-ring (bicyclic) bond motifs is 1. The van der Waals surface area contributed by atoms with E-state index >= 15 is 0 Å². The summed E-state index contributed by atoms with van der Waals surface area (Å²) in [6.45, 7) is 6.89. The Morgan fingerprint density at radius 3 is 2.92 bits per heavy atom. The van der Waals surface area contributed by atoms with Crippen molar-refractivity contribution in [3.05, 3.63) is 0 Å². The molecule has 2 aliphatic rings. The van der Waals surface area contributed by atoms with Crippen LogP contribution in [0.3, 0.4) is 0 Å². The molecule has 13 heavy (non-hydrogen) atoms. The monoisotopic (exact) mass is 183 g/mol. The van der Waals surface area contributed by atoms with Crippen LogP contribution in [0.15, 0.2) is 0 Å². The first-order valence-corrected chi connectivity index (χ1v) is 5.52.